The molecule has 2 aliphatic rings. The lowest BCUT2D eigenvalue weighted by Gasteiger charge is -2.37. The number of ketones is 1. The van der Waals surface area contributed by atoms with Crippen molar-refractivity contribution < 1.29 is 19.4 Å². The zero-order chi connectivity index (χ0) is 23.8. The Morgan fingerprint density at radius 1 is 1.03 bits per heavy atom. The topological polar surface area (TPSA) is 78.9 Å². The largest absolute Gasteiger partial charge is 0.511 e. The maximum Gasteiger partial charge on any atom is 0.348 e. The molecule has 0 saturated carbocycles. The van der Waals surface area contributed by atoms with E-state index in [-0.39, 0.29) is 22.9 Å². The normalized spacial score (nSPS) is 21.4. The Morgan fingerprint density at radius 3 is 2.38 bits per heavy atom. The van der Waals surface area contributed by atoms with Gasteiger partial charge in [0.15, 0.2) is 0 Å². The smallest absolute Gasteiger partial charge is 0.348 e. The van der Waals surface area contributed by atoms with Crippen LogP contribution in [0.4, 0.5) is 0 Å². The lowest BCUT2D eigenvalue weighted by molar-refractivity contribution is -0.161. The first-order valence-electron chi connectivity index (χ1n) is 11.9. The number of ether oxygens (including phenoxy) is 1. The molecule has 34 heavy (non-hydrogen) atoms. The molecule has 0 aromatic heterocycles. The molecule has 0 aliphatic carbocycles. The Labute approximate surface area is 205 Å². The number of nitrogens with zero attached hydrogens (tertiary/aromatic N) is 1. The summed E-state index contributed by atoms with van der Waals surface area (Å²) in [4.78, 5) is 28.3. The lowest BCUT2D eigenvalue weighted by Crippen LogP contribution is -2.44. The minimum atomic E-state index is -1.04. The highest BCUT2D eigenvalue weighted by Crippen LogP contribution is 2.44. The number of nitrogens with one attached hydrogen (secondary N) is 1. The molecule has 4 rings (SSSR count). The van der Waals surface area contributed by atoms with Crippen LogP contribution in [-0.4, -0.2) is 54.5 Å². The second-order valence-corrected chi connectivity index (χ2v) is 9.84. The number of rotatable bonds is 10. The summed E-state index contributed by atoms with van der Waals surface area (Å²) in [5.41, 5.74) is 0.830. The molecule has 1 saturated heterocycles. The molecule has 7 heteroatoms. The van der Waals surface area contributed by atoms with Crippen molar-refractivity contribution in [3.05, 3.63) is 82.5 Å². The van der Waals surface area contributed by atoms with Gasteiger partial charge in [-0.25, -0.2) is 4.79 Å². The SMILES string of the molecule is O=C(CCN1CCNCC1)CCC1(c2ccccc2)CC(O)=C(SCc2ccccc2)C(=O)O1. The van der Waals surface area contributed by atoms with E-state index in [0.717, 1.165) is 43.9 Å². The molecule has 0 bridgehead atoms. The Balaban J connectivity index is 1.44. The van der Waals surface area contributed by atoms with E-state index in [4.69, 9.17) is 4.74 Å². The summed E-state index contributed by atoms with van der Waals surface area (Å²) in [6.45, 7) is 4.58. The summed E-state index contributed by atoms with van der Waals surface area (Å²) in [6, 6.07) is 19.3. The Hall–Kier alpha value is -2.61. The van der Waals surface area contributed by atoms with Crippen molar-refractivity contribution in [2.45, 2.75) is 37.0 Å². The van der Waals surface area contributed by atoms with E-state index < -0.39 is 11.6 Å². The Bertz CT molecular complexity index is 1010. The number of piperazine rings is 1. The number of benzene rings is 2. The Kier molecular flexibility index (Phi) is 8.43. The van der Waals surface area contributed by atoms with E-state index in [0.29, 0.717) is 25.0 Å². The van der Waals surface area contributed by atoms with Gasteiger partial charge in [0.2, 0.25) is 0 Å². The number of hydrogen-bond acceptors (Lipinski definition) is 7. The molecule has 2 N–H and O–H groups in total. The average molecular weight is 481 g/mol. The number of hydrogen-bond donors (Lipinski definition) is 2. The summed E-state index contributed by atoms with van der Waals surface area (Å²) in [7, 11) is 0. The molecule has 2 heterocycles. The van der Waals surface area contributed by atoms with Crippen LogP contribution in [0.1, 0.15) is 36.8 Å². The van der Waals surface area contributed by atoms with E-state index in [1.54, 1.807) is 0 Å². The zero-order valence-electron chi connectivity index (χ0n) is 19.4. The van der Waals surface area contributed by atoms with Gasteiger partial charge in [-0.3, -0.25) is 4.79 Å². The number of cyclic esters (lactones) is 1. The minimum absolute atomic E-state index is 0.0364. The number of carbonyl (C=O) groups excluding carboxylic acids is 2. The first-order valence-corrected chi connectivity index (χ1v) is 12.9. The number of carbonyl (C=O) groups is 2. The van der Waals surface area contributed by atoms with Crippen molar-refractivity contribution in [3.8, 4) is 0 Å². The maximum atomic E-state index is 13.0. The summed E-state index contributed by atoms with van der Waals surface area (Å²) in [5, 5.41) is 14.2. The molecule has 0 amide bonds. The number of aliphatic hydroxyl groups excluding tert-OH is 1. The van der Waals surface area contributed by atoms with Crippen LogP contribution in [0.3, 0.4) is 0 Å². The van der Waals surface area contributed by atoms with Gasteiger partial charge in [0.1, 0.15) is 22.0 Å². The summed E-state index contributed by atoms with van der Waals surface area (Å²) in [5.74, 6) is 0.228. The van der Waals surface area contributed by atoms with Gasteiger partial charge in [-0.1, -0.05) is 60.7 Å². The highest BCUT2D eigenvalue weighted by atomic mass is 32.2. The van der Waals surface area contributed by atoms with Crippen LogP contribution in [0.15, 0.2) is 71.3 Å². The van der Waals surface area contributed by atoms with Gasteiger partial charge in [0, 0.05) is 51.3 Å². The fraction of sp³-hybridized carbons (Fsp3) is 0.407. The van der Waals surface area contributed by atoms with E-state index in [9.17, 15) is 14.7 Å². The fourth-order valence-electron chi connectivity index (χ4n) is 4.47. The van der Waals surface area contributed by atoms with Crippen LogP contribution in [0.5, 0.6) is 0 Å². The van der Waals surface area contributed by atoms with Crippen molar-refractivity contribution in [2.24, 2.45) is 0 Å². The quantitative estimate of drug-likeness (QED) is 0.494. The zero-order valence-corrected chi connectivity index (χ0v) is 20.2. The van der Waals surface area contributed by atoms with Gasteiger partial charge in [0.05, 0.1) is 6.42 Å². The van der Waals surface area contributed by atoms with Gasteiger partial charge < -0.3 is 20.1 Å². The van der Waals surface area contributed by atoms with Crippen molar-refractivity contribution in [2.75, 3.05) is 32.7 Å². The molecule has 0 spiro atoms. The molecule has 6 nitrogen and oxygen atoms in total. The van der Waals surface area contributed by atoms with Crippen LogP contribution in [-0.2, 0) is 25.7 Å². The number of Topliss-reactive ketones (excluding diaryl/α,β-unsaturated/α-hetero) is 1. The molecule has 2 aromatic rings. The lowest BCUT2D eigenvalue weighted by atomic mass is 9.83. The Morgan fingerprint density at radius 2 is 1.71 bits per heavy atom. The number of esters is 1. The van der Waals surface area contributed by atoms with E-state index in [1.807, 2.05) is 60.7 Å². The van der Waals surface area contributed by atoms with Crippen LogP contribution >= 0.6 is 11.8 Å². The van der Waals surface area contributed by atoms with Gasteiger partial charge in [-0.15, -0.1) is 11.8 Å². The molecule has 1 fully saturated rings. The third-order valence-corrected chi connectivity index (χ3v) is 7.61. The highest BCUT2D eigenvalue weighted by Gasteiger charge is 2.43. The number of thioether (sulfide) groups is 1. The van der Waals surface area contributed by atoms with E-state index in [2.05, 4.69) is 10.2 Å². The van der Waals surface area contributed by atoms with Gasteiger partial charge in [-0.05, 0) is 17.5 Å². The molecular formula is C27H32N2O4S. The first-order chi connectivity index (χ1) is 16.6. The van der Waals surface area contributed by atoms with Crippen molar-refractivity contribution in [3.63, 3.8) is 0 Å². The molecule has 1 atom stereocenters. The molecule has 2 aliphatic heterocycles. The maximum absolute atomic E-state index is 13.0. The van der Waals surface area contributed by atoms with Crippen LogP contribution in [0.2, 0.25) is 0 Å². The molecule has 0 radical (unpaired) electrons. The molecule has 180 valence electrons. The van der Waals surface area contributed by atoms with Gasteiger partial charge in [0.25, 0.3) is 0 Å². The monoisotopic (exact) mass is 480 g/mol. The third kappa shape index (κ3) is 6.29. The highest BCUT2D eigenvalue weighted by molar-refractivity contribution is 8.03. The summed E-state index contributed by atoms with van der Waals surface area (Å²) >= 11 is 1.29. The summed E-state index contributed by atoms with van der Waals surface area (Å²) in [6.07, 6.45) is 1.31. The molecule has 1 unspecified atom stereocenters. The van der Waals surface area contributed by atoms with Crippen LogP contribution in [0, 0.1) is 0 Å². The predicted molar refractivity (Wildman–Crippen MR) is 134 cm³/mol. The average Bonchev–Trinajstić information content (AvgIpc) is 2.87. The van der Waals surface area contributed by atoms with E-state index in [1.165, 1.54) is 11.8 Å². The van der Waals surface area contributed by atoms with Crippen molar-refractivity contribution >= 4 is 23.5 Å². The number of aliphatic hydroxyl groups is 1. The van der Waals surface area contributed by atoms with Crippen LogP contribution < -0.4 is 5.32 Å². The second-order valence-electron chi connectivity index (χ2n) is 8.86. The third-order valence-electron chi connectivity index (χ3n) is 6.44. The van der Waals surface area contributed by atoms with Gasteiger partial charge in [-0.2, -0.15) is 0 Å². The van der Waals surface area contributed by atoms with Crippen molar-refractivity contribution in [1.29, 1.82) is 0 Å². The van der Waals surface area contributed by atoms with E-state index >= 15 is 0 Å². The van der Waals surface area contributed by atoms with Gasteiger partial charge >= 0.3 is 5.97 Å². The van der Waals surface area contributed by atoms with Crippen molar-refractivity contribution in [1.82, 2.24) is 10.2 Å². The fourth-order valence-corrected chi connectivity index (χ4v) is 5.37. The minimum Gasteiger partial charge on any atom is -0.511 e. The van der Waals surface area contributed by atoms with Crippen LogP contribution in [0.25, 0.3) is 0 Å². The first kappa shape index (κ1) is 24.5. The second kappa shape index (κ2) is 11.7. The standard InChI is InChI=1S/C27H32N2O4S/c30-23(12-16-29-17-14-28-15-18-29)11-13-27(22-9-5-2-6-10-22)19-24(31)25(26(32)33-27)34-20-21-7-3-1-4-8-21/h1-10,28,31H,11-20H2. The molecule has 2 aromatic carbocycles. The summed E-state index contributed by atoms with van der Waals surface area (Å²) < 4.78 is 6.03. The predicted octanol–water partition coefficient (Wildman–Crippen LogP) is 4.18. The molecular weight excluding hydrogens is 448 g/mol.